The van der Waals surface area contributed by atoms with Crippen LogP contribution in [0, 0.1) is 0 Å². The predicted octanol–water partition coefficient (Wildman–Crippen LogP) is 1.26. The molecule has 6 N–H and O–H groups in total. The van der Waals surface area contributed by atoms with E-state index in [1.54, 1.807) is 11.8 Å². The van der Waals surface area contributed by atoms with Crippen LogP contribution in [0.4, 0.5) is 17.3 Å². The summed E-state index contributed by atoms with van der Waals surface area (Å²) in [6.45, 7) is 0. The van der Waals surface area contributed by atoms with Gasteiger partial charge in [0.2, 0.25) is 0 Å². The molecule has 0 aliphatic heterocycles. The lowest BCUT2D eigenvalue weighted by molar-refractivity contribution is 0.886. The van der Waals surface area contributed by atoms with Gasteiger partial charge < -0.3 is 17.2 Å². The fraction of sp³-hybridized carbons (Fsp3) is 0.556. The quantitative estimate of drug-likeness (QED) is 0.654. The van der Waals surface area contributed by atoms with E-state index in [-0.39, 0.29) is 17.3 Å². The van der Waals surface area contributed by atoms with Gasteiger partial charge in [0.15, 0.2) is 16.8 Å². The SMILES string of the molecule is Nc1nc(SC2CCCC2)nc(N)c1N. The number of hydrogen-bond donors (Lipinski definition) is 3. The van der Waals surface area contributed by atoms with E-state index in [0.29, 0.717) is 10.4 Å². The minimum Gasteiger partial charge on any atom is -0.393 e. The highest BCUT2D eigenvalue weighted by Crippen LogP contribution is 2.34. The first kappa shape index (κ1) is 10.4. The van der Waals surface area contributed by atoms with E-state index in [1.807, 2.05) is 0 Å². The molecule has 0 atom stereocenters. The topological polar surface area (TPSA) is 104 Å². The zero-order chi connectivity index (χ0) is 10.8. The Morgan fingerprint density at radius 3 is 2.07 bits per heavy atom. The molecular weight excluding hydrogens is 210 g/mol. The van der Waals surface area contributed by atoms with E-state index in [2.05, 4.69) is 9.97 Å². The van der Waals surface area contributed by atoms with Gasteiger partial charge >= 0.3 is 0 Å². The molecule has 0 spiro atoms. The van der Waals surface area contributed by atoms with Crippen LogP contribution in [0.2, 0.25) is 0 Å². The summed E-state index contributed by atoms with van der Waals surface area (Å²) in [6, 6.07) is 0. The monoisotopic (exact) mass is 225 g/mol. The van der Waals surface area contributed by atoms with Gasteiger partial charge in [-0.05, 0) is 12.8 Å². The summed E-state index contributed by atoms with van der Waals surface area (Å²) < 4.78 is 0. The average molecular weight is 225 g/mol. The second kappa shape index (κ2) is 4.14. The minimum atomic E-state index is 0.281. The van der Waals surface area contributed by atoms with Gasteiger partial charge in [-0.15, -0.1) is 0 Å². The molecule has 0 saturated heterocycles. The zero-order valence-corrected chi connectivity index (χ0v) is 9.26. The van der Waals surface area contributed by atoms with Crippen molar-refractivity contribution in [1.82, 2.24) is 9.97 Å². The Kier molecular flexibility index (Phi) is 2.86. The second-order valence-electron chi connectivity index (χ2n) is 3.71. The molecule has 0 aromatic carbocycles. The Morgan fingerprint density at radius 2 is 1.53 bits per heavy atom. The maximum atomic E-state index is 5.63. The van der Waals surface area contributed by atoms with Crippen LogP contribution in [0.25, 0.3) is 0 Å². The molecule has 1 aromatic heterocycles. The summed E-state index contributed by atoms with van der Waals surface area (Å²) in [5.74, 6) is 0.561. The van der Waals surface area contributed by atoms with E-state index in [4.69, 9.17) is 17.2 Å². The third kappa shape index (κ3) is 2.26. The number of rotatable bonds is 2. The van der Waals surface area contributed by atoms with Crippen LogP contribution in [0.5, 0.6) is 0 Å². The Morgan fingerprint density at radius 1 is 1.00 bits per heavy atom. The Bertz CT molecular complexity index is 339. The third-order valence-electron chi connectivity index (χ3n) is 2.56. The van der Waals surface area contributed by atoms with Crippen LogP contribution in [-0.4, -0.2) is 15.2 Å². The van der Waals surface area contributed by atoms with Gasteiger partial charge in [-0.3, -0.25) is 0 Å². The number of aromatic nitrogens is 2. The maximum absolute atomic E-state index is 5.63. The van der Waals surface area contributed by atoms with Crippen LogP contribution >= 0.6 is 11.8 Å². The molecule has 0 amide bonds. The summed E-state index contributed by atoms with van der Waals surface area (Å²) in [5.41, 5.74) is 17.1. The Hall–Kier alpha value is -1.17. The Labute approximate surface area is 92.8 Å². The molecule has 1 fully saturated rings. The highest BCUT2D eigenvalue weighted by Gasteiger charge is 2.18. The van der Waals surface area contributed by atoms with Crippen LogP contribution in [0.1, 0.15) is 25.7 Å². The molecule has 1 heterocycles. The highest BCUT2D eigenvalue weighted by molar-refractivity contribution is 7.99. The number of thioether (sulfide) groups is 1. The van der Waals surface area contributed by atoms with Crippen molar-refractivity contribution in [3.63, 3.8) is 0 Å². The number of nitrogens with two attached hydrogens (primary N) is 3. The van der Waals surface area contributed by atoms with Gasteiger partial charge in [0.1, 0.15) is 5.69 Å². The molecule has 1 aliphatic carbocycles. The number of nitrogen functional groups attached to an aromatic ring is 3. The molecule has 5 nitrogen and oxygen atoms in total. The van der Waals surface area contributed by atoms with E-state index >= 15 is 0 Å². The van der Waals surface area contributed by atoms with Crippen molar-refractivity contribution in [2.45, 2.75) is 36.1 Å². The zero-order valence-electron chi connectivity index (χ0n) is 8.44. The summed E-state index contributed by atoms with van der Waals surface area (Å²) in [7, 11) is 0. The van der Waals surface area contributed by atoms with Gasteiger partial charge in [-0.2, -0.15) is 0 Å². The van der Waals surface area contributed by atoms with Gasteiger partial charge in [0, 0.05) is 5.25 Å². The average Bonchev–Trinajstić information content (AvgIpc) is 2.66. The fourth-order valence-electron chi connectivity index (χ4n) is 1.69. The predicted molar refractivity (Wildman–Crippen MR) is 63.4 cm³/mol. The molecule has 0 unspecified atom stereocenters. The largest absolute Gasteiger partial charge is 0.393 e. The summed E-state index contributed by atoms with van der Waals surface area (Å²) in [4.78, 5) is 8.24. The first-order valence-corrected chi connectivity index (χ1v) is 5.90. The van der Waals surface area contributed by atoms with Gasteiger partial charge in [0.25, 0.3) is 0 Å². The molecule has 1 saturated carbocycles. The lowest BCUT2D eigenvalue weighted by atomic mass is 10.4. The van der Waals surface area contributed by atoms with Gasteiger partial charge in [-0.25, -0.2) is 9.97 Å². The standard InChI is InChI=1S/C9H15N5S/c10-6-7(11)13-9(14-8(6)12)15-5-3-1-2-4-5/h5H,1-4,10H2,(H4,11,12,13,14). The first-order valence-electron chi connectivity index (χ1n) is 5.02. The van der Waals surface area contributed by atoms with Gasteiger partial charge in [0.05, 0.1) is 0 Å². The normalized spacial score (nSPS) is 17.1. The van der Waals surface area contributed by atoms with E-state index in [0.717, 1.165) is 0 Å². The van der Waals surface area contributed by atoms with Crippen molar-refractivity contribution >= 4 is 29.1 Å². The van der Waals surface area contributed by atoms with Crippen molar-refractivity contribution < 1.29 is 0 Å². The van der Waals surface area contributed by atoms with E-state index < -0.39 is 0 Å². The van der Waals surface area contributed by atoms with Crippen molar-refractivity contribution in [3.8, 4) is 0 Å². The van der Waals surface area contributed by atoms with Crippen molar-refractivity contribution in [2.75, 3.05) is 17.2 Å². The molecule has 0 bridgehead atoms. The second-order valence-corrected chi connectivity index (χ2v) is 4.98. The third-order valence-corrected chi connectivity index (χ3v) is 3.76. The number of hydrogen-bond acceptors (Lipinski definition) is 6. The molecule has 82 valence electrons. The van der Waals surface area contributed by atoms with Crippen LogP contribution in [0.3, 0.4) is 0 Å². The smallest absolute Gasteiger partial charge is 0.191 e. The van der Waals surface area contributed by atoms with Crippen LogP contribution < -0.4 is 17.2 Å². The van der Waals surface area contributed by atoms with E-state index in [9.17, 15) is 0 Å². The van der Waals surface area contributed by atoms with Crippen molar-refractivity contribution in [1.29, 1.82) is 0 Å². The number of nitrogens with zero attached hydrogens (tertiary/aromatic N) is 2. The Balaban J connectivity index is 2.14. The fourth-order valence-corrected chi connectivity index (χ4v) is 2.86. The molecule has 0 radical (unpaired) electrons. The summed E-state index contributed by atoms with van der Waals surface area (Å²) >= 11 is 1.65. The molecule has 2 rings (SSSR count). The van der Waals surface area contributed by atoms with Crippen molar-refractivity contribution in [2.24, 2.45) is 0 Å². The van der Waals surface area contributed by atoms with Gasteiger partial charge in [-0.1, -0.05) is 24.6 Å². The minimum absolute atomic E-state index is 0.281. The molecule has 1 aromatic rings. The summed E-state index contributed by atoms with van der Waals surface area (Å²) in [6.07, 6.45) is 5.02. The van der Waals surface area contributed by atoms with Crippen molar-refractivity contribution in [3.05, 3.63) is 0 Å². The molecule has 15 heavy (non-hydrogen) atoms. The lowest BCUT2D eigenvalue weighted by Gasteiger charge is -2.09. The lowest BCUT2D eigenvalue weighted by Crippen LogP contribution is -2.07. The van der Waals surface area contributed by atoms with E-state index in [1.165, 1.54) is 25.7 Å². The maximum Gasteiger partial charge on any atom is 0.191 e. The molecule has 1 aliphatic rings. The van der Waals surface area contributed by atoms with Crippen LogP contribution in [-0.2, 0) is 0 Å². The molecule has 6 heteroatoms. The van der Waals surface area contributed by atoms with Crippen LogP contribution in [0.15, 0.2) is 5.16 Å². The molecular formula is C9H15N5S. The highest BCUT2D eigenvalue weighted by atomic mass is 32.2. The first-order chi connectivity index (χ1) is 7.16. The number of anilines is 3. The summed E-state index contributed by atoms with van der Waals surface area (Å²) in [5, 5.41) is 1.25.